The van der Waals surface area contributed by atoms with Crippen molar-refractivity contribution in [2.45, 2.75) is 20.3 Å². The lowest BCUT2D eigenvalue weighted by Crippen LogP contribution is -2.50. The van der Waals surface area contributed by atoms with E-state index in [0.717, 1.165) is 0 Å². The molecule has 31 heavy (non-hydrogen) atoms. The number of hydrogen-bond acceptors (Lipinski definition) is 6. The Morgan fingerprint density at radius 2 is 1.77 bits per heavy atom. The highest BCUT2D eigenvalue weighted by Crippen LogP contribution is 2.22. The highest BCUT2D eigenvalue weighted by Gasteiger charge is 2.27. The molecular formula is C22H26FN3O5. The molecule has 0 unspecified atom stereocenters. The largest absolute Gasteiger partial charge is 0.465 e. The van der Waals surface area contributed by atoms with Crippen LogP contribution in [-0.4, -0.2) is 67.6 Å². The second-order valence-electron chi connectivity index (χ2n) is 7.22. The number of esters is 2. The van der Waals surface area contributed by atoms with Crippen LogP contribution in [0.3, 0.4) is 0 Å². The van der Waals surface area contributed by atoms with Crippen LogP contribution in [0.4, 0.5) is 10.1 Å². The van der Waals surface area contributed by atoms with Gasteiger partial charge in [0, 0.05) is 31.9 Å². The fourth-order valence-electron chi connectivity index (χ4n) is 3.70. The summed E-state index contributed by atoms with van der Waals surface area (Å²) < 4.78 is 23.9. The number of carbonyl (C=O) groups is 3. The van der Waals surface area contributed by atoms with Gasteiger partial charge in [0.05, 0.1) is 18.4 Å². The van der Waals surface area contributed by atoms with Gasteiger partial charge in [-0.2, -0.15) is 0 Å². The smallest absolute Gasteiger partial charge is 0.355 e. The number of halogens is 1. The summed E-state index contributed by atoms with van der Waals surface area (Å²) in [6, 6.07) is 6.52. The minimum Gasteiger partial charge on any atom is -0.465 e. The minimum absolute atomic E-state index is 0.134. The van der Waals surface area contributed by atoms with Crippen molar-refractivity contribution in [3.63, 3.8) is 0 Å². The Morgan fingerprint density at radius 3 is 2.39 bits per heavy atom. The van der Waals surface area contributed by atoms with Gasteiger partial charge in [-0.3, -0.25) is 4.79 Å². The molecule has 8 nitrogen and oxygen atoms in total. The molecule has 0 saturated carbocycles. The fraction of sp³-hybridized carbons (Fsp3) is 0.409. The van der Waals surface area contributed by atoms with Crippen molar-refractivity contribution >= 4 is 23.5 Å². The maximum Gasteiger partial charge on any atom is 0.355 e. The van der Waals surface area contributed by atoms with Gasteiger partial charge in [-0.1, -0.05) is 19.1 Å². The van der Waals surface area contributed by atoms with E-state index in [1.165, 1.54) is 13.2 Å². The molecule has 1 saturated heterocycles. The van der Waals surface area contributed by atoms with Crippen LogP contribution in [0.15, 0.2) is 24.3 Å². The molecule has 1 N–H and O–H groups in total. The molecule has 2 heterocycles. The van der Waals surface area contributed by atoms with E-state index >= 15 is 0 Å². The Balaban J connectivity index is 1.57. The number of nitrogens with one attached hydrogen (secondary N) is 1. The molecule has 2 aromatic rings. The van der Waals surface area contributed by atoms with Crippen LogP contribution in [-0.2, 0) is 20.7 Å². The summed E-state index contributed by atoms with van der Waals surface area (Å²) in [5.41, 5.74) is 1.96. The van der Waals surface area contributed by atoms with E-state index in [4.69, 9.17) is 9.47 Å². The third kappa shape index (κ3) is 4.70. The van der Waals surface area contributed by atoms with Crippen LogP contribution in [0.1, 0.15) is 39.0 Å². The predicted octanol–water partition coefficient (Wildman–Crippen LogP) is 2.32. The lowest BCUT2D eigenvalue weighted by atomic mass is 10.1. The van der Waals surface area contributed by atoms with Gasteiger partial charge in [0.2, 0.25) is 0 Å². The lowest BCUT2D eigenvalue weighted by molar-refractivity contribution is -0.134. The van der Waals surface area contributed by atoms with Gasteiger partial charge in [-0.05, 0) is 31.0 Å². The van der Waals surface area contributed by atoms with Gasteiger partial charge in [0.25, 0.3) is 5.91 Å². The molecule has 1 aromatic heterocycles. The van der Waals surface area contributed by atoms with E-state index in [0.29, 0.717) is 55.1 Å². The number of aryl methyl sites for hydroxylation is 1. The zero-order valence-electron chi connectivity index (χ0n) is 17.9. The summed E-state index contributed by atoms with van der Waals surface area (Å²) >= 11 is 0. The highest BCUT2D eigenvalue weighted by atomic mass is 19.1. The third-order valence-corrected chi connectivity index (χ3v) is 5.43. The van der Waals surface area contributed by atoms with E-state index in [1.807, 2.05) is 11.8 Å². The Hall–Kier alpha value is -3.36. The van der Waals surface area contributed by atoms with Gasteiger partial charge in [0.15, 0.2) is 6.61 Å². The molecule has 1 aromatic carbocycles. The van der Waals surface area contributed by atoms with Gasteiger partial charge < -0.3 is 24.3 Å². The van der Waals surface area contributed by atoms with Crippen molar-refractivity contribution in [3.05, 3.63) is 52.6 Å². The maximum atomic E-state index is 14.0. The third-order valence-electron chi connectivity index (χ3n) is 5.43. The molecule has 0 bridgehead atoms. The van der Waals surface area contributed by atoms with Gasteiger partial charge >= 0.3 is 11.9 Å². The molecule has 0 aliphatic carbocycles. The molecule has 0 atom stereocenters. The summed E-state index contributed by atoms with van der Waals surface area (Å²) in [5.74, 6) is -1.86. The number of anilines is 1. The Kier molecular flexibility index (Phi) is 6.94. The first-order valence-corrected chi connectivity index (χ1v) is 10.1. The van der Waals surface area contributed by atoms with Crippen molar-refractivity contribution in [2.75, 3.05) is 44.8 Å². The molecule has 9 heteroatoms. The quantitative estimate of drug-likeness (QED) is 0.706. The molecule has 166 valence electrons. The van der Waals surface area contributed by atoms with Crippen molar-refractivity contribution in [2.24, 2.45) is 0 Å². The number of nitrogens with zero attached hydrogens (tertiary/aromatic N) is 2. The number of H-pyrrole nitrogens is 1. The van der Waals surface area contributed by atoms with Gasteiger partial charge in [-0.25, -0.2) is 14.0 Å². The molecule has 1 aliphatic heterocycles. The first-order valence-electron chi connectivity index (χ1n) is 10.1. The number of aromatic amines is 1. The highest BCUT2D eigenvalue weighted by molar-refractivity contribution is 5.99. The average molecular weight is 431 g/mol. The Labute approximate surface area is 179 Å². The van der Waals surface area contributed by atoms with Crippen molar-refractivity contribution in [1.29, 1.82) is 0 Å². The SMILES string of the molecule is CCc1[nH]c(C(=O)OCC(=O)N2CCN(c3ccccc3F)CC2)c(C)c1C(=O)OC. The summed E-state index contributed by atoms with van der Waals surface area (Å²) in [5, 5.41) is 0. The van der Waals surface area contributed by atoms with Crippen molar-refractivity contribution in [1.82, 2.24) is 9.88 Å². The normalized spacial score (nSPS) is 13.8. The fourth-order valence-corrected chi connectivity index (χ4v) is 3.70. The van der Waals surface area contributed by atoms with Crippen LogP contribution >= 0.6 is 0 Å². The monoisotopic (exact) mass is 431 g/mol. The van der Waals surface area contributed by atoms with Crippen LogP contribution in [0, 0.1) is 12.7 Å². The first kappa shape index (κ1) is 22.3. The molecule has 0 spiro atoms. The van der Waals surface area contributed by atoms with Crippen LogP contribution < -0.4 is 4.90 Å². The minimum atomic E-state index is -0.708. The Bertz CT molecular complexity index is 980. The summed E-state index contributed by atoms with van der Waals surface area (Å²) in [6.45, 7) is 4.83. The first-order chi connectivity index (χ1) is 14.9. The molecule has 1 amide bonds. The maximum absolute atomic E-state index is 14.0. The zero-order valence-corrected chi connectivity index (χ0v) is 17.9. The van der Waals surface area contributed by atoms with Crippen molar-refractivity contribution in [3.8, 4) is 0 Å². The number of ether oxygens (including phenoxy) is 2. The summed E-state index contributed by atoms with van der Waals surface area (Å²) in [4.78, 5) is 43.3. The Morgan fingerprint density at radius 1 is 1.10 bits per heavy atom. The number of piperazine rings is 1. The zero-order chi connectivity index (χ0) is 22.5. The molecule has 3 rings (SSSR count). The predicted molar refractivity (Wildman–Crippen MR) is 112 cm³/mol. The van der Waals surface area contributed by atoms with Crippen LogP contribution in [0.2, 0.25) is 0 Å². The molecule has 1 fully saturated rings. The number of benzene rings is 1. The van der Waals surface area contributed by atoms with Gasteiger partial charge in [-0.15, -0.1) is 0 Å². The number of aromatic nitrogens is 1. The number of carbonyl (C=O) groups excluding carboxylic acids is 3. The second kappa shape index (κ2) is 9.63. The standard InChI is InChI=1S/C22H26FN3O5/c1-4-16-19(21(28)30-3)14(2)20(24-16)22(29)31-13-18(27)26-11-9-25(10-12-26)17-8-6-5-7-15(17)23/h5-8,24H,4,9-13H2,1-3H3. The van der Waals surface area contributed by atoms with Crippen LogP contribution in [0.5, 0.6) is 0 Å². The van der Waals surface area contributed by atoms with Gasteiger partial charge in [0.1, 0.15) is 11.5 Å². The molecule has 0 radical (unpaired) electrons. The second-order valence-corrected chi connectivity index (χ2v) is 7.22. The van der Waals surface area contributed by atoms with E-state index in [-0.39, 0.29) is 17.4 Å². The number of rotatable bonds is 6. The summed E-state index contributed by atoms with van der Waals surface area (Å²) in [7, 11) is 1.27. The van der Waals surface area contributed by atoms with E-state index < -0.39 is 18.5 Å². The number of para-hydroxylation sites is 1. The number of methoxy groups -OCH3 is 1. The summed E-state index contributed by atoms with van der Waals surface area (Å²) in [6.07, 6.45) is 0.504. The topological polar surface area (TPSA) is 91.9 Å². The molecule has 1 aliphatic rings. The molecular weight excluding hydrogens is 405 g/mol. The number of hydrogen-bond donors (Lipinski definition) is 1. The van der Waals surface area contributed by atoms with E-state index in [9.17, 15) is 18.8 Å². The van der Waals surface area contributed by atoms with Crippen molar-refractivity contribution < 1.29 is 28.2 Å². The number of amides is 1. The van der Waals surface area contributed by atoms with Crippen LogP contribution in [0.25, 0.3) is 0 Å². The van der Waals surface area contributed by atoms with E-state index in [2.05, 4.69) is 4.98 Å². The van der Waals surface area contributed by atoms with E-state index in [1.54, 1.807) is 30.0 Å². The lowest BCUT2D eigenvalue weighted by Gasteiger charge is -2.36. The average Bonchev–Trinajstić information content (AvgIpc) is 3.13.